The number of benzene rings is 2. The van der Waals surface area contributed by atoms with Gasteiger partial charge in [-0.2, -0.15) is 0 Å². The molecule has 1 aromatic heterocycles. The summed E-state index contributed by atoms with van der Waals surface area (Å²) in [5.74, 6) is -0.0878. The summed E-state index contributed by atoms with van der Waals surface area (Å²) in [5, 5.41) is 3.61. The van der Waals surface area contributed by atoms with Crippen LogP contribution in [0.25, 0.3) is 10.9 Å². The zero-order valence-corrected chi connectivity index (χ0v) is 12.9. The smallest absolute Gasteiger partial charge is 0.240 e. The van der Waals surface area contributed by atoms with Gasteiger partial charge in [-0.1, -0.05) is 42.5 Å². The molecule has 0 saturated heterocycles. The molecule has 1 atom stereocenters. The maximum atomic E-state index is 12.3. The maximum Gasteiger partial charge on any atom is 0.240 e. The van der Waals surface area contributed by atoms with E-state index in [1.54, 1.807) is 16.8 Å². The molecule has 0 unspecified atom stereocenters. The zero-order chi connectivity index (χ0) is 16.2. The topological polar surface area (TPSA) is 51.1 Å². The minimum absolute atomic E-state index is 0.0325. The molecule has 4 heteroatoms. The van der Waals surface area contributed by atoms with Crippen molar-refractivity contribution in [1.29, 1.82) is 0 Å². The predicted molar refractivity (Wildman–Crippen MR) is 91.2 cm³/mol. The van der Waals surface area contributed by atoms with E-state index in [2.05, 4.69) is 5.32 Å². The first-order chi connectivity index (χ1) is 11.1. The van der Waals surface area contributed by atoms with Crippen LogP contribution in [-0.4, -0.2) is 10.5 Å². The molecular formula is C19H18N2O2. The molecule has 0 spiro atoms. The van der Waals surface area contributed by atoms with Gasteiger partial charge in [-0.05, 0) is 24.6 Å². The molecule has 0 aliphatic heterocycles. The molecule has 0 aliphatic carbocycles. The lowest BCUT2D eigenvalue weighted by Crippen LogP contribution is -2.30. The standard InChI is InChI=1S/C19H18N2O2/c1-14(15-7-3-2-4-8-15)20-19(23)13-21-12-11-18(22)16-9-5-6-10-17(16)21/h2-12,14H,13H2,1H3,(H,20,23)/t14-/m1/s1. The Morgan fingerprint density at radius 1 is 1.04 bits per heavy atom. The third-order valence-electron chi connectivity index (χ3n) is 3.88. The number of aromatic nitrogens is 1. The zero-order valence-electron chi connectivity index (χ0n) is 12.9. The Labute approximate surface area is 134 Å². The second-order valence-electron chi connectivity index (χ2n) is 5.52. The van der Waals surface area contributed by atoms with Crippen LogP contribution in [0.2, 0.25) is 0 Å². The second kappa shape index (κ2) is 6.48. The number of carbonyl (C=O) groups excluding carboxylic acids is 1. The summed E-state index contributed by atoms with van der Waals surface area (Å²) in [6.45, 7) is 2.13. The normalized spacial score (nSPS) is 12.0. The molecule has 3 aromatic rings. The molecule has 0 bridgehead atoms. The number of hydrogen-bond donors (Lipinski definition) is 1. The van der Waals surface area contributed by atoms with Gasteiger partial charge >= 0.3 is 0 Å². The summed E-state index contributed by atoms with van der Waals surface area (Å²) in [6, 6.07) is 18.6. The number of amides is 1. The molecule has 0 fully saturated rings. The molecule has 0 saturated carbocycles. The number of fused-ring (bicyclic) bond motifs is 1. The van der Waals surface area contributed by atoms with Crippen LogP contribution >= 0.6 is 0 Å². The van der Waals surface area contributed by atoms with Gasteiger partial charge in [0.15, 0.2) is 5.43 Å². The van der Waals surface area contributed by atoms with E-state index in [1.165, 1.54) is 6.07 Å². The Bertz CT molecular complexity index is 885. The van der Waals surface area contributed by atoms with E-state index in [0.717, 1.165) is 11.1 Å². The van der Waals surface area contributed by atoms with Crippen LogP contribution < -0.4 is 10.7 Å². The number of carbonyl (C=O) groups is 1. The first kappa shape index (κ1) is 15.0. The molecule has 3 rings (SSSR count). The van der Waals surface area contributed by atoms with Crippen molar-refractivity contribution >= 4 is 16.8 Å². The van der Waals surface area contributed by atoms with Crippen molar-refractivity contribution in [3.63, 3.8) is 0 Å². The average Bonchev–Trinajstić information content (AvgIpc) is 2.58. The Morgan fingerprint density at radius 2 is 1.74 bits per heavy atom. The number of nitrogens with one attached hydrogen (secondary N) is 1. The molecule has 1 heterocycles. The van der Waals surface area contributed by atoms with Crippen molar-refractivity contribution in [3.05, 3.63) is 82.6 Å². The molecule has 116 valence electrons. The number of pyridine rings is 1. The van der Waals surface area contributed by atoms with Gasteiger partial charge in [-0.3, -0.25) is 9.59 Å². The molecular weight excluding hydrogens is 288 g/mol. The summed E-state index contributed by atoms with van der Waals surface area (Å²) in [6.07, 6.45) is 1.66. The molecule has 1 N–H and O–H groups in total. The summed E-state index contributed by atoms with van der Waals surface area (Å²) >= 11 is 0. The van der Waals surface area contributed by atoms with E-state index >= 15 is 0 Å². The maximum absolute atomic E-state index is 12.3. The van der Waals surface area contributed by atoms with Crippen LogP contribution in [0, 0.1) is 0 Å². The number of rotatable bonds is 4. The van der Waals surface area contributed by atoms with Crippen LogP contribution in [0.1, 0.15) is 18.5 Å². The number of nitrogens with zero attached hydrogens (tertiary/aromatic N) is 1. The lowest BCUT2D eigenvalue weighted by atomic mass is 10.1. The van der Waals surface area contributed by atoms with E-state index in [1.807, 2.05) is 55.5 Å². The van der Waals surface area contributed by atoms with Crippen molar-refractivity contribution < 1.29 is 4.79 Å². The summed E-state index contributed by atoms with van der Waals surface area (Å²) in [4.78, 5) is 24.2. The van der Waals surface area contributed by atoms with Gasteiger partial charge in [-0.15, -0.1) is 0 Å². The van der Waals surface area contributed by atoms with E-state index in [4.69, 9.17) is 0 Å². The fourth-order valence-electron chi connectivity index (χ4n) is 2.66. The largest absolute Gasteiger partial charge is 0.348 e. The highest BCUT2D eigenvalue weighted by Crippen LogP contribution is 2.12. The lowest BCUT2D eigenvalue weighted by Gasteiger charge is -2.16. The van der Waals surface area contributed by atoms with Crippen LogP contribution in [0.15, 0.2) is 71.7 Å². The summed E-state index contributed by atoms with van der Waals surface area (Å²) in [5.41, 5.74) is 1.79. The highest BCUT2D eigenvalue weighted by Gasteiger charge is 2.11. The third-order valence-corrected chi connectivity index (χ3v) is 3.88. The number of hydrogen-bond acceptors (Lipinski definition) is 2. The van der Waals surface area contributed by atoms with Crippen LogP contribution in [-0.2, 0) is 11.3 Å². The van der Waals surface area contributed by atoms with E-state index in [0.29, 0.717) is 5.39 Å². The molecule has 1 amide bonds. The lowest BCUT2D eigenvalue weighted by molar-refractivity contribution is -0.122. The van der Waals surface area contributed by atoms with Gasteiger partial charge in [0, 0.05) is 17.6 Å². The average molecular weight is 306 g/mol. The first-order valence-electron chi connectivity index (χ1n) is 7.57. The fourth-order valence-corrected chi connectivity index (χ4v) is 2.66. The van der Waals surface area contributed by atoms with Crippen molar-refractivity contribution in [2.75, 3.05) is 0 Å². The Hall–Kier alpha value is -2.88. The van der Waals surface area contributed by atoms with Crippen LogP contribution in [0.4, 0.5) is 0 Å². The van der Waals surface area contributed by atoms with Crippen LogP contribution in [0.5, 0.6) is 0 Å². The highest BCUT2D eigenvalue weighted by molar-refractivity contribution is 5.82. The number of para-hydroxylation sites is 1. The van der Waals surface area contributed by atoms with Gasteiger partial charge < -0.3 is 9.88 Å². The van der Waals surface area contributed by atoms with Gasteiger partial charge in [0.1, 0.15) is 6.54 Å². The monoisotopic (exact) mass is 306 g/mol. The second-order valence-corrected chi connectivity index (χ2v) is 5.52. The van der Waals surface area contributed by atoms with Crippen molar-refractivity contribution in [2.45, 2.75) is 19.5 Å². The quantitative estimate of drug-likeness (QED) is 0.806. The summed E-state index contributed by atoms with van der Waals surface area (Å²) in [7, 11) is 0. The van der Waals surface area contributed by atoms with Crippen molar-refractivity contribution in [2.24, 2.45) is 0 Å². The van der Waals surface area contributed by atoms with Gasteiger partial charge in [0.2, 0.25) is 5.91 Å². The van der Waals surface area contributed by atoms with Gasteiger partial charge in [0.05, 0.1) is 11.6 Å². The fraction of sp³-hybridized carbons (Fsp3) is 0.158. The van der Waals surface area contributed by atoms with Gasteiger partial charge in [-0.25, -0.2) is 0 Å². The third kappa shape index (κ3) is 3.31. The SMILES string of the molecule is C[C@@H](NC(=O)Cn1ccc(=O)c2ccccc21)c1ccccc1. The van der Waals surface area contributed by atoms with E-state index in [9.17, 15) is 9.59 Å². The molecule has 0 aliphatic rings. The minimum Gasteiger partial charge on any atom is -0.348 e. The summed E-state index contributed by atoms with van der Waals surface area (Å²) < 4.78 is 1.80. The Morgan fingerprint density at radius 3 is 2.52 bits per heavy atom. The first-order valence-corrected chi connectivity index (χ1v) is 7.57. The Balaban J connectivity index is 1.79. The van der Waals surface area contributed by atoms with Crippen LogP contribution in [0.3, 0.4) is 0 Å². The molecule has 4 nitrogen and oxygen atoms in total. The van der Waals surface area contributed by atoms with Gasteiger partial charge in [0.25, 0.3) is 0 Å². The Kier molecular flexibility index (Phi) is 4.24. The highest BCUT2D eigenvalue weighted by atomic mass is 16.2. The predicted octanol–water partition coefficient (Wildman–Crippen LogP) is 2.88. The molecule has 23 heavy (non-hydrogen) atoms. The van der Waals surface area contributed by atoms with Crippen molar-refractivity contribution in [1.82, 2.24) is 9.88 Å². The van der Waals surface area contributed by atoms with E-state index < -0.39 is 0 Å². The van der Waals surface area contributed by atoms with E-state index in [-0.39, 0.29) is 23.9 Å². The van der Waals surface area contributed by atoms with Crippen molar-refractivity contribution in [3.8, 4) is 0 Å². The minimum atomic E-state index is -0.0878. The molecule has 0 radical (unpaired) electrons. The molecule has 2 aromatic carbocycles.